The van der Waals surface area contributed by atoms with Gasteiger partial charge < -0.3 is 30.6 Å². The molecule has 0 saturated carbocycles. The summed E-state index contributed by atoms with van der Waals surface area (Å²) in [5, 5.41) is 29.5. The summed E-state index contributed by atoms with van der Waals surface area (Å²) >= 11 is 0. The quantitative estimate of drug-likeness (QED) is 0.275. The van der Waals surface area contributed by atoms with Gasteiger partial charge in [-0.2, -0.15) is 0 Å². The predicted octanol–water partition coefficient (Wildman–Crippen LogP) is -0.481. The van der Waals surface area contributed by atoms with Crippen LogP contribution >= 0.6 is 0 Å². The van der Waals surface area contributed by atoms with Crippen molar-refractivity contribution in [3.63, 3.8) is 0 Å². The van der Waals surface area contributed by atoms with Crippen molar-refractivity contribution in [1.82, 2.24) is 0 Å². The molecule has 0 unspecified atom stereocenters. The standard InChI is InChI=1S/2NO3.Ti/c2*2-1(3)4;/q2*-1;+2. The van der Waals surface area contributed by atoms with Crippen LogP contribution in [-0.2, 0) is 21.7 Å². The van der Waals surface area contributed by atoms with Gasteiger partial charge in [0, 0.05) is 0 Å². The second kappa shape index (κ2) is 10.2. The zero-order chi connectivity index (χ0) is 7.15. The predicted molar refractivity (Wildman–Crippen MR) is 20.7 cm³/mol. The van der Waals surface area contributed by atoms with Crippen molar-refractivity contribution in [2.75, 3.05) is 0 Å². The molecule has 8 nitrogen and oxygen atoms in total. The van der Waals surface area contributed by atoms with Gasteiger partial charge in [-0.15, -0.1) is 0 Å². The molecule has 0 aliphatic carbocycles. The summed E-state index contributed by atoms with van der Waals surface area (Å²) in [7, 11) is 0. The molecule has 9 heavy (non-hydrogen) atoms. The fraction of sp³-hybridized carbons (Fsp3) is 0. The minimum Gasteiger partial charge on any atom is -0.356 e. The van der Waals surface area contributed by atoms with E-state index in [0.29, 0.717) is 0 Å². The van der Waals surface area contributed by atoms with Crippen LogP contribution in [0.1, 0.15) is 0 Å². The van der Waals surface area contributed by atoms with Crippen LogP contribution in [0.5, 0.6) is 0 Å². The van der Waals surface area contributed by atoms with Crippen LogP contribution in [0.25, 0.3) is 0 Å². The zero-order valence-corrected chi connectivity index (χ0v) is 5.41. The smallest absolute Gasteiger partial charge is 0.356 e. The first-order chi connectivity index (χ1) is 3.46. The van der Waals surface area contributed by atoms with E-state index in [-0.39, 0.29) is 21.7 Å². The van der Waals surface area contributed by atoms with Crippen molar-refractivity contribution in [1.29, 1.82) is 0 Å². The minimum atomic E-state index is -1.75. The largest absolute Gasteiger partial charge is 2.00 e. The monoisotopic (exact) mass is 172 g/mol. The first-order valence-electron chi connectivity index (χ1n) is 1.10. The van der Waals surface area contributed by atoms with Gasteiger partial charge in [0.25, 0.3) is 0 Å². The maximum Gasteiger partial charge on any atom is 2.00 e. The number of rotatable bonds is 0. The Hall–Kier alpha value is -0.886. The van der Waals surface area contributed by atoms with Crippen molar-refractivity contribution in [2.24, 2.45) is 0 Å². The van der Waals surface area contributed by atoms with Crippen molar-refractivity contribution < 1.29 is 31.9 Å². The van der Waals surface area contributed by atoms with E-state index in [1.807, 2.05) is 0 Å². The van der Waals surface area contributed by atoms with Crippen LogP contribution in [0.2, 0.25) is 0 Å². The molecule has 0 rings (SSSR count). The molecule has 0 heterocycles. The molecule has 0 aromatic rings. The Labute approximate surface area is 63.2 Å². The van der Waals surface area contributed by atoms with E-state index < -0.39 is 10.2 Å². The van der Waals surface area contributed by atoms with Crippen LogP contribution in [0.4, 0.5) is 0 Å². The van der Waals surface area contributed by atoms with Gasteiger partial charge in [-0.3, -0.25) is 0 Å². The fourth-order valence-electron chi connectivity index (χ4n) is 0. The van der Waals surface area contributed by atoms with Crippen LogP contribution in [0.3, 0.4) is 0 Å². The number of hydrogen-bond donors (Lipinski definition) is 0. The molecule has 50 valence electrons. The van der Waals surface area contributed by atoms with Crippen molar-refractivity contribution >= 4 is 0 Å². The van der Waals surface area contributed by atoms with Crippen LogP contribution in [0, 0.1) is 30.6 Å². The average Bonchev–Trinajstić information content (AvgIpc) is 1.25. The normalized spacial score (nSPS) is 5.33. The van der Waals surface area contributed by atoms with Crippen molar-refractivity contribution in [3.8, 4) is 0 Å². The molecule has 0 radical (unpaired) electrons. The van der Waals surface area contributed by atoms with Gasteiger partial charge in [0.2, 0.25) is 0 Å². The number of nitrogens with zero attached hydrogens (tertiary/aromatic N) is 2. The Morgan fingerprint density at radius 1 is 0.778 bits per heavy atom. The van der Waals surface area contributed by atoms with Gasteiger partial charge in [-0.1, -0.05) is 0 Å². The Balaban J connectivity index is -0.0000000720. The first-order valence-corrected chi connectivity index (χ1v) is 1.10. The molecule has 0 fully saturated rings. The molecular weight excluding hydrogens is 172 g/mol. The van der Waals surface area contributed by atoms with E-state index in [0.717, 1.165) is 0 Å². The molecule has 0 aromatic heterocycles. The minimum absolute atomic E-state index is 0. The molecule has 0 aliphatic heterocycles. The topological polar surface area (TPSA) is 132 Å². The second-order valence-electron chi connectivity index (χ2n) is 0.447. The zero-order valence-electron chi connectivity index (χ0n) is 3.84. The summed E-state index contributed by atoms with van der Waals surface area (Å²) in [6.07, 6.45) is 0. The molecule has 0 bridgehead atoms. The Morgan fingerprint density at radius 2 is 0.778 bits per heavy atom. The maximum absolute atomic E-state index is 8.25. The Morgan fingerprint density at radius 3 is 0.778 bits per heavy atom. The van der Waals surface area contributed by atoms with Crippen molar-refractivity contribution in [3.05, 3.63) is 30.6 Å². The second-order valence-corrected chi connectivity index (χ2v) is 0.447. The molecule has 0 N–H and O–H groups in total. The summed E-state index contributed by atoms with van der Waals surface area (Å²) < 4.78 is 0. The fourth-order valence-corrected chi connectivity index (χ4v) is 0. The van der Waals surface area contributed by atoms with Crippen LogP contribution in [0.15, 0.2) is 0 Å². The summed E-state index contributed by atoms with van der Waals surface area (Å²) in [6, 6.07) is 0. The molecule has 0 amide bonds. The van der Waals surface area contributed by atoms with E-state index in [2.05, 4.69) is 0 Å². The summed E-state index contributed by atoms with van der Waals surface area (Å²) in [6.45, 7) is 0. The van der Waals surface area contributed by atoms with Gasteiger partial charge in [0.1, 0.15) is 0 Å². The maximum atomic E-state index is 8.25. The summed E-state index contributed by atoms with van der Waals surface area (Å²) in [4.78, 5) is 16.5. The summed E-state index contributed by atoms with van der Waals surface area (Å²) in [5.74, 6) is 0. The molecule has 0 saturated heterocycles. The van der Waals surface area contributed by atoms with Crippen LogP contribution in [-0.4, -0.2) is 10.2 Å². The van der Waals surface area contributed by atoms with Gasteiger partial charge in [0.05, 0.1) is 10.2 Å². The van der Waals surface area contributed by atoms with E-state index in [4.69, 9.17) is 30.6 Å². The van der Waals surface area contributed by atoms with Gasteiger partial charge >= 0.3 is 21.7 Å². The van der Waals surface area contributed by atoms with Gasteiger partial charge in [-0.05, 0) is 0 Å². The third kappa shape index (κ3) is 237. The van der Waals surface area contributed by atoms with E-state index in [1.54, 1.807) is 0 Å². The average molecular weight is 172 g/mol. The molecule has 9 heteroatoms. The SMILES string of the molecule is O=[N+]([O-])[O-].O=[N+]([O-])[O-].[Ti+2]. The summed E-state index contributed by atoms with van der Waals surface area (Å²) in [5.41, 5.74) is 0. The number of hydrogen-bond acceptors (Lipinski definition) is 6. The molecular formula is N2O6Ti. The van der Waals surface area contributed by atoms with Gasteiger partial charge in [-0.25, -0.2) is 0 Å². The van der Waals surface area contributed by atoms with E-state index in [9.17, 15) is 0 Å². The van der Waals surface area contributed by atoms with Gasteiger partial charge in [0.15, 0.2) is 0 Å². The Kier molecular flexibility index (Phi) is 17.7. The Bertz CT molecular complexity index is 69.1. The molecule has 0 spiro atoms. The molecule has 0 aliphatic rings. The third-order valence-electron chi connectivity index (χ3n) is 0. The molecule has 0 aromatic carbocycles. The van der Waals surface area contributed by atoms with E-state index in [1.165, 1.54) is 0 Å². The molecule has 0 atom stereocenters. The first kappa shape index (κ1) is 15.7. The van der Waals surface area contributed by atoms with Crippen molar-refractivity contribution in [2.45, 2.75) is 0 Å². The third-order valence-corrected chi connectivity index (χ3v) is 0. The van der Waals surface area contributed by atoms with E-state index >= 15 is 0 Å². The van der Waals surface area contributed by atoms with Crippen LogP contribution < -0.4 is 0 Å².